The van der Waals surface area contributed by atoms with E-state index in [9.17, 15) is 4.79 Å². The van der Waals surface area contributed by atoms with Gasteiger partial charge in [-0.15, -0.1) is 16.8 Å². The number of amides is 1. The lowest BCUT2D eigenvalue weighted by atomic mass is 10.2. The number of aromatic nitrogens is 3. The summed E-state index contributed by atoms with van der Waals surface area (Å²) in [4.78, 5) is 12.0. The molecule has 28 heavy (non-hydrogen) atoms. The first-order chi connectivity index (χ1) is 13.7. The van der Waals surface area contributed by atoms with Crippen molar-refractivity contribution in [3.63, 3.8) is 0 Å². The number of nitrogens with zero attached hydrogens (tertiary/aromatic N) is 3. The van der Waals surface area contributed by atoms with E-state index in [2.05, 4.69) is 53.3 Å². The minimum Gasteiger partial charge on any atom is -0.353 e. The molecule has 0 radical (unpaired) electrons. The summed E-state index contributed by atoms with van der Waals surface area (Å²) in [5, 5.41) is 12.4. The third-order valence-corrected chi connectivity index (χ3v) is 5.18. The zero-order valence-electron chi connectivity index (χ0n) is 16.0. The minimum atomic E-state index is -0.0172. The largest absolute Gasteiger partial charge is 0.353 e. The van der Waals surface area contributed by atoms with Gasteiger partial charge >= 0.3 is 0 Å². The van der Waals surface area contributed by atoms with E-state index in [4.69, 9.17) is 0 Å². The first-order valence-electron chi connectivity index (χ1n) is 9.23. The number of para-hydroxylation sites is 1. The molecule has 5 nitrogen and oxygen atoms in total. The van der Waals surface area contributed by atoms with Crippen LogP contribution in [-0.4, -0.2) is 27.2 Å². The van der Waals surface area contributed by atoms with Crippen LogP contribution >= 0.6 is 11.8 Å². The highest BCUT2D eigenvalue weighted by molar-refractivity contribution is 7.98. The zero-order valence-corrected chi connectivity index (χ0v) is 16.8. The molecule has 144 valence electrons. The Morgan fingerprint density at radius 2 is 2.00 bits per heavy atom. The van der Waals surface area contributed by atoms with E-state index in [1.807, 2.05) is 34.9 Å². The maximum absolute atomic E-state index is 12.0. The highest BCUT2D eigenvalue weighted by Gasteiger charge is 2.15. The van der Waals surface area contributed by atoms with Crippen LogP contribution in [0.5, 0.6) is 0 Å². The van der Waals surface area contributed by atoms with Gasteiger partial charge in [-0.2, -0.15) is 0 Å². The fourth-order valence-corrected chi connectivity index (χ4v) is 3.76. The number of hydrogen-bond donors (Lipinski definition) is 1. The van der Waals surface area contributed by atoms with E-state index in [1.54, 1.807) is 17.8 Å². The first kappa shape index (κ1) is 19.9. The van der Waals surface area contributed by atoms with Crippen LogP contribution < -0.4 is 5.32 Å². The minimum absolute atomic E-state index is 0.0172. The van der Waals surface area contributed by atoms with E-state index in [1.165, 1.54) is 11.1 Å². The SMILES string of the molecule is C=CCNC(=O)CCc1nnc(SCc2cccc(C)c2)n1-c1ccccc1. The number of aryl methyl sites for hydroxylation is 2. The van der Waals surface area contributed by atoms with Gasteiger partial charge in [0.15, 0.2) is 5.16 Å². The molecule has 0 fully saturated rings. The van der Waals surface area contributed by atoms with Gasteiger partial charge in [-0.1, -0.05) is 65.9 Å². The Morgan fingerprint density at radius 3 is 2.75 bits per heavy atom. The predicted molar refractivity (Wildman–Crippen MR) is 114 cm³/mol. The van der Waals surface area contributed by atoms with Gasteiger partial charge in [0.05, 0.1) is 0 Å². The average Bonchev–Trinajstić information content (AvgIpc) is 3.12. The van der Waals surface area contributed by atoms with Crippen molar-refractivity contribution in [2.75, 3.05) is 6.54 Å². The van der Waals surface area contributed by atoms with Crippen molar-refractivity contribution in [1.29, 1.82) is 0 Å². The molecule has 0 saturated carbocycles. The maximum Gasteiger partial charge on any atom is 0.220 e. The Hall–Kier alpha value is -2.86. The fourth-order valence-electron chi connectivity index (χ4n) is 2.84. The lowest BCUT2D eigenvalue weighted by molar-refractivity contribution is -0.120. The van der Waals surface area contributed by atoms with Crippen LogP contribution in [0.15, 0.2) is 72.4 Å². The van der Waals surface area contributed by atoms with Crippen molar-refractivity contribution >= 4 is 17.7 Å². The molecule has 6 heteroatoms. The van der Waals surface area contributed by atoms with Crippen LogP contribution in [-0.2, 0) is 17.0 Å². The second kappa shape index (κ2) is 9.90. The molecule has 0 atom stereocenters. The van der Waals surface area contributed by atoms with Gasteiger partial charge in [0, 0.05) is 30.8 Å². The molecule has 0 spiro atoms. The zero-order chi connectivity index (χ0) is 19.8. The number of rotatable bonds is 9. The smallest absolute Gasteiger partial charge is 0.220 e. The summed E-state index contributed by atoms with van der Waals surface area (Å²) < 4.78 is 2.04. The van der Waals surface area contributed by atoms with Gasteiger partial charge in [-0.25, -0.2) is 0 Å². The molecule has 0 aliphatic carbocycles. The van der Waals surface area contributed by atoms with E-state index in [0.717, 1.165) is 22.4 Å². The Kier molecular flexibility index (Phi) is 7.03. The van der Waals surface area contributed by atoms with Gasteiger partial charge < -0.3 is 5.32 Å². The summed E-state index contributed by atoms with van der Waals surface area (Å²) in [5.41, 5.74) is 3.49. The molecule has 0 aliphatic rings. The molecule has 1 aromatic heterocycles. The maximum atomic E-state index is 12.0. The highest BCUT2D eigenvalue weighted by atomic mass is 32.2. The molecule has 0 bridgehead atoms. The van der Waals surface area contributed by atoms with Crippen molar-refractivity contribution < 1.29 is 4.79 Å². The van der Waals surface area contributed by atoms with Gasteiger partial charge in [-0.05, 0) is 24.6 Å². The molecular weight excluding hydrogens is 368 g/mol. The molecule has 0 saturated heterocycles. The quantitative estimate of drug-likeness (QED) is 0.440. The Morgan fingerprint density at radius 1 is 1.18 bits per heavy atom. The van der Waals surface area contributed by atoms with Crippen molar-refractivity contribution in [2.24, 2.45) is 0 Å². The summed E-state index contributed by atoms with van der Waals surface area (Å²) >= 11 is 1.65. The van der Waals surface area contributed by atoms with Crippen LogP contribution in [0.3, 0.4) is 0 Å². The van der Waals surface area contributed by atoms with Crippen LogP contribution in [0.25, 0.3) is 5.69 Å². The third kappa shape index (κ3) is 5.33. The van der Waals surface area contributed by atoms with E-state index in [0.29, 0.717) is 19.4 Å². The van der Waals surface area contributed by atoms with E-state index >= 15 is 0 Å². The average molecular weight is 393 g/mol. The number of hydrogen-bond acceptors (Lipinski definition) is 4. The molecule has 1 heterocycles. The van der Waals surface area contributed by atoms with Gasteiger partial charge in [-0.3, -0.25) is 9.36 Å². The first-order valence-corrected chi connectivity index (χ1v) is 10.2. The monoisotopic (exact) mass is 392 g/mol. The van der Waals surface area contributed by atoms with Crippen LogP contribution in [0.1, 0.15) is 23.4 Å². The summed E-state index contributed by atoms with van der Waals surface area (Å²) in [7, 11) is 0. The molecule has 1 N–H and O–H groups in total. The van der Waals surface area contributed by atoms with Gasteiger partial charge in [0.1, 0.15) is 5.82 Å². The number of carbonyl (C=O) groups excluding carboxylic acids is 1. The fraction of sp³-hybridized carbons (Fsp3) is 0.227. The van der Waals surface area contributed by atoms with E-state index in [-0.39, 0.29) is 5.91 Å². The Balaban J connectivity index is 1.79. The summed E-state index contributed by atoms with van der Waals surface area (Å²) in [6.45, 7) is 6.18. The van der Waals surface area contributed by atoms with E-state index < -0.39 is 0 Å². The topological polar surface area (TPSA) is 59.8 Å². The lowest BCUT2D eigenvalue weighted by Gasteiger charge is -2.10. The molecule has 0 unspecified atom stereocenters. The number of carbonyl (C=O) groups is 1. The molecule has 3 rings (SSSR count). The van der Waals surface area contributed by atoms with Crippen LogP contribution in [0.4, 0.5) is 0 Å². The lowest BCUT2D eigenvalue weighted by Crippen LogP contribution is -2.23. The van der Waals surface area contributed by atoms with Crippen LogP contribution in [0.2, 0.25) is 0 Å². The highest BCUT2D eigenvalue weighted by Crippen LogP contribution is 2.26. The molecule has 3 aromatic rings. The summed E-state index contributed by atoms with van der Waals surface area (Å²) in [6.07, 6.45) is 2.56. The number of benzene rings is 2. The van der Waals surface area contributed by atoms with Crippen molar-refractivity contribution in [3.8, 4) is 5.69 Å². The molecular formula is C22H24N4OS. The second-order valence-electron chi connectivity index (χ2n) is 6.44. The Bertz CT molecular complexity index is 937. The summed E-state index contributed by atoms with van der Waals surface area (Å²) in [6, 6.07) is 18.5. The Labute approximate surface area is 169 Å². The van der Waals surface area contributed by atoms with Crippen molar-refractivity contribution in [1.82, 2.24) is 20.1 Å². The van der Waals surface area contributed by atoms with Gasteiger partial charge in [0.25, 0.3) is 0 Å². The van der Waals surface area contributed by atoms with Crippen molar-refractivity contribution in [2.45, 2.75) is 30.7 Å². The normalized spacial score (nSPS) is 10.6. The molecule has 2 aromatic carbocycles. The summed E-state index contributed by atoms with van der Waals surface area (Å²) in [5.74, 6) is 1.58. The number of thioether (sulfide) groups is 1. The standard InChI is InChI=1S/C22H24N4OS/c1-3-14-23-21(27)13-12-20-24-25-22(26(20)19-10-5-4-6-11-19)28-16-18-9-7-8-17(2)15-18/h3-11,15H,1,12-14,16H2,2H3,(H,23,27). The molecule has 0 aliphatic heterocycles. The van der Waals surface area contributed by atoms with Crippen molar-refractivity contribution in [3.05, 3.63) is 84.2 Å². The third-order valence-electron chi connectivity index (χ3n) is 4.18. The predicted octanol–water partition coefficient (Wildman–Crippen LogP) is 4.10. The van der Waals surface area contributed by atoms with Crippen LogP contribution in [0, 0.1) is 6.92 Å². The van der Waals surface area contributed by atoms with Gasteiger partial charge in [0.2, 0.25) is 5.91 Å². The molecule has 1 amide bonds. The second-order valence-corrected chi connectivity index (χ2v) is 7.38. The number of nitrogens with one attached hydrogen (secondary N) is 1.